The Labute approximate surface area is 101 Å². The first kappa shape index (κ1) is 13.2. The van der Waals surface area contributed by atoms with Gasteiger partial charge in [-0.25, -0.2) is 0 Å². The number of Topliss-reactive ketones (excluding diaryl/α,β-unsaturated/α-hetero) is 1. The predicted molar refractivity (Wildman–Crippen MR) is 63.1 cm³/mol. The lowest BCUT2D eigenvalue weighted by atomic mass is 9.95. The van der Waals surface area contributed by atoms with Crippen LogP contribution in [0.4, 0.5) is 0 Å². The summed E-state index contributed by atoms with van der Waals surface area (Å²) >= 11 is 0. The van der Waals surface area contributed by atoms with Gasteiger partial charge in [0.25, 0.3) is 0 Å². The molecule has 0 heterocycles. The molecule has 0 saturated heterocycles. The third-order valence-corrected chi connectivity index (χ3v) is 2.56. The summed E-state index contributed by atoms with van der Waals surface area (Å²) in [5, 5.41) is 0. The number of ether oxygens (including phenoxy) is 2. The number of ketones is 1. The Morgan fingerprint density at radius 3 is 2.53 bits per heavy atom. The summed E-state index contributed by atoms with van der Waals surface area (Å²) in [4.78, 5) is 23.5. The minimum Gasteiger partial charge on any atom is -0.497 e. The van der Waals surface area contributed by atoms with Crippen LogP contribution in [-0.4, -0.2) is 26.0 Å². The van der Waals surface area contributed by atoms with Crippen molar-refractivity contribution in [1.82, 2.24) is 0 Å². The van der Waals surface area contributed by atoms with E-state index in [0.717, 1.165) is 0 Å². The highest BCUT2D eigenvalue weighted by Crippen LogP contribution is 2.18. The second-order valence-electron chi connectivity index (χ2n) is 3.58. The first-order valence-electron chi connectivity index (χ1n) is 5.40. The molecule has 4 nitrogen and oxygen atoms in total. The molecule has 1 unspecified atom stereocenters. The van der Waals surface area contributed by atoms with E-state index < -0.39 is 11.9 Å². The van der Waals surface area contributed by atoms with E-state index in [-0.39, 0.29) is 5.78 Å². The molecule has 1 atom stereocenters. The normalized spacial score (nSPS) is 11.7. The lowest BCUT2D eigenvalue weighted by molar-refractivity contribution is -0.143. The molecule has 0 aliphatic heterocycles. The predicted octanol–water partition coefficient (Wildman–Crippen LogP) is 2.08. The van der Waals surface area contributed by atoms with Crippen molar-refractivity contribution in [2.45, 2.75) is 13.3 Å². The van der Waals surface area contributed by atoms with Gasteiger partial charge in [0, 0.05) is 5.56 Å². The van der Waals surface area contributed by atoms with Gasteiger partial charge in [-0.05, 0) is 18.6 Å². The van der Waals surface area contributed by atoms with Crippen LogP contribution in [0.2, 0.25) is 0 Å². The topological polar surface area (TPSA) is 52.6 Å². The van der Waals surface area contributed by atoms with Gasteiger partial charge in [-0.15, -0.1) is 0 Å². The number of rotatable bonds is 5. The standard InChI is InChI=1S/C13H16O4/c1-4-11(13(15)17-3)12(14)9-6-5-7-10(8-9)16-2/h5-8,11H,4H2,1-3H3. The van der Waals surface area contributed by atoms with Gasteiger partial charge in [-0.2, -0.15) is 0 Å². The molecule has 4 heteroatoms. The van der Waals surface area contributed by atoms with Crippen molar-refractivity contribution in [3.8, 4) is 5.75 Å². The molecule has 1 rings (SSSR count). The van der Waals surface area contributed by atoms with Gasteiger partial charge in [0.2, 0.25) is 0 Å². The molecule has 0 fully saturated rings. The van der Waals surface area contributed by atoms with E-state index in [1.54, 1.807) is 31.2 Å². The fourth-order valence-electron chi connectivity index (χ4n) is 1.58. The zero-order valence-electron chi connectivity index (χ0n) is 10.2. The van der Waals surface area contributed by atoms with Crippen molar-refractivity contribution in [1.29, 1.82) is 0 Å². The molecule has 0 aliphatic carbocycles. The van der Waals surface area contributed by atoms with E-state index in [1.807, 2.05) is 0 Å². The molecule has 17 heavy (non-hydrogen) atoms. The van der Waals surface area contributed by atoms with Crippen molar-refractivity contribution in [3.05, 3.63) is 29.8 Å². The molecule has 1 aromatic rings. The summed E-state index contributed by atoms with van der Waals surface area (Å²) < 4.78 is 9.65. The smallest absolute Gasteiger partial charge is 0.316 e. The van der Waals surface area contributed by atoms with Crippen LogP contribution in [-0.2, 0) is 9.53 Å². The summed E-state index contributed by atoms with van der Waals surface area (Å²) in [6, 6.07) is 6.75. The Bertz CT molecular complexity index is 412. The largest absolute Gasteiger partial charge is 0.497 e. The summed E-state index contributed by atoms with van der Waals surface area (Å²) in [5.41, 5.74) is 0.460. The molecule has 92 valence electrons. The van der Waals surface area contributed by atoms with E-state index in [2.05, 4.69) is 4.74 Å². The van der Waals surface area contributed by atoms with Gasteiger partial charge in [0.15, 0.2) is 5.78 Å². The Hall–Kier alpha value is -1.84. The van der Waals surface area contributed by atoms with E-state index in [1.165, 1.54) is 14.2 Å². The van der Waals surface area contributed by atoms with Crippen molar-refractivity contribution in [2.75, 3.05) is 14.2 Å². The maximum atomic E-state index is 12.1. The van der Waals surface area contributed by atoms with Crippen LogP contribution in [0, 0.1) is 5.92 Å². The second kappa shape index (κ2) is 6.03. The van der Waals surface area contributed by atoms with Crippen molar-refractivity contribution >= 4 is 11.8 Å². The third-order valence-electron chi connectivity index (χ3n) is 2.56. The molecule has 0 aromatic heterocycles. The summed E-state index contributed by atoms with van der Waals surface area (Å²) in [6.07, 6.45) is 0.419. The first-order chi connectivity index (χ1) is 8.13. The number of methoxy groups -OCH3 is 2. The number of carbonyl (C=O) groups excluding carboxylic acids is 2. The van der Waals surface area contributed by atoms with Gasteiger partial charge in [-0.1, -0.05) is 19.1 Å². The van der Waals surface area contributed by atoms with Crippen LogP contribution < -0.4 is 4.74 Å². The Morgan fingerprint density at radius 2 is 2.00 bits per heavy atom. The van der Waals surface area contributed by atoms with Gasteiger partial charge in [0.05, 0.1) is 14.2 Å². The number of esters is 1. The van der Waals surface area contributed by atoms with E-state index in [4.69, 9.17) is 4.74 Å². The van der Waals surface area contributed by atoms with Gasteiger partial charge >= 0.3 is 5.97 Å². The molecular weight excluding hydrogens is 220 g/mol. The lowest BCUT2D eigenvalue weighted by Crippen LogP contribution is -2.24. The van der Waals surface area contributed by atoms with Gasteiger partial charge in [0.1, 0.15) is 11.7 Å². The highest BCUT2D eigenvalue weighted by Gasteiger charge is 2.26. The van der Waals surface area contributed by atoms with Crippen LogP contribution in [0.15, 0.2) is 24.3 Å². The van der Waals surface area contributed by atoms with Crippen LogP contribution in [0.3, 0.4) is 0 Å². The number of carbonyl (C=O) groups is 2. The highest BCUT2D eigenvalue weighted by atomic mass is 16.5. The SMILES string of the molecule is CCC(C(=O)OC)C(=O)c1cccc(OC)c1. The van der Waals surface area contributed by atoms with E-state index >= 15 is 0 Å². The van der Waals surface area contributed by atoms with Crippen LogP contribution in [0.1, 0.15) is 23.7 Å². The molecule has 1 aromatic carbocycles. The van der Waals surface area contributed by atoms with Gasteiger partial charge < -0.3 is 9.47 Å². The van der Waals surface area contributed by atoms with Crippen molar-refractivity contribution in [2.24, 2.45) is 5.92 Å². The maximum absolute atomic E-state index is 12.1. The number of benzene rings is 1. The summed E-state index contributed by atoms with van der Waals surface area (Å²) in [6.45, 7) is 1.78. The van der Waals surface area contributed by atoms with Crippen LogP contribution in [0.5, 0.6) is 5.75 Å². The fourth-order valence-corrected chi connectivity index (χ4v) is 1.58. The van der Waals surface area contributed by atoms with Gasteiger partial charge in [-0.3, -0.25) is 9.59 Å². The molecular formula is C13H16O4. The highest BCUT2D eigenvalue weighted by molar-refractivity contribution is 6.08. The van der Waals surface area contributed by atoms with Crippen LogP contribution >= 0.6 is 0 Å². The average molecular weight is 236 g/mol. The molecule has 0 aliphatic rings. The molecule has 0 amide bonds. The Morgan fingerprint density at radius 1 is 1.29 bits per heavy atom. The fraction of sp³-hybridized carbons (Fsp3) is 0.385. The minimum atomic E-state index is -0.743. The Balaban J connectivity index is 2.97. The molecule has 0 N–H and O–H groups in total. The zero-order chi connectivity index (χ0) is 12.8. The Kier molecular flexibility index (Phi) is 4.69. The summed E-state index contributed by atoms with van der Waals surface area (Å²) in [5.74, 6) is -0.888. The van der Waals surface area contributed by atoms with E-state index in [9.17, 15) is 9.59 Å². The average Bonchev–Trinajstić information content (AvgIpc) is 2.39. The maximum Gasteiger partial charge on any atom is 0.316 e. The minimum absolute atomic E-state index is 0.238. The molecule has 0 spiro atoms. The second-order valence-corrected chi connectivity index (χ2v) is 3.58. The van der Waals surface area contributed by atoms with Crippen molar-refractivity contribution in [3.63, 3.8) is 0 Å². The molecule has 0 bridgehead atoms. The van der Waals surface area contributed by atoms with Crippen LogP contribution in [0.25, 0.3) is 0 Å². The quantitative estimate of drug-likeness (QED) is 0.446. The zero-order valence-corrected chi connectivity index (χ0v) is 10.2. The summed E-state index contributed by atoms with van der Waals surface area (Å²) in [7, 11) is 2.81. The monoisotopic (exact) mass is 236 g/mol. The third kappa shape index (κ3) is 3.06. The molecule has 0 radical (unpaired) electrons. The number of hydrogen-bond donors (Lipinski definition) is 0. The molecule has 0 saturated carbocycles. The number of hydrogen-bond acceptors (Lipinski definition) is 4. The first-order valence-corrected chi connectivity index (χ1v) is 5.40. The lowest BCUT2D eigenvalue weighted by Gasteiger charge is -2.11. The van der Waals surface area contributed by atoms with Crippen molar-refractivity contribution < 1.29 is 19.1 Å². The van der Waals surface area contributed by atoms with E-state index in [0.29, 0.717) is 17.7 Å².